The van der Waals surface area contributed by atoms with Crippen LogP contribution in [-0.2, 0) is 9.59 Å². The molecule has 17 heavy (non-hydrogen) atoms. The maximum atomic E-state index is 12.2. The summed E-state index contributed by atoms with van der Waals surface area (Å²) in [5.41, 5.74) is 0. The number of hydrogen-bond acceptors (Lipinski definition) is 2. The van der Waals surface area contributed by atoms with Crippen molar-refractivity contribution in [1.29, 1.82) is 0 Å². The van der Waals surface area contributed by atoms with Crippen LogP contribution in [0.25, 0.3) is 0 Å². The fourth-order valence-electron chi connectivity index (χ4n) is 2.90. The molecule has 1 rings (SSSR count). The number of ketones is 2. The molecule has 0 radical (unpaired) electrons. The van der Waals surface area contributed by atoms with E-state index in [1.165, 1.54) is 19.3 Å². The van der Waals surface area contributed by atoms with Crippen LogP contribution in [0, 0.1) is 11.8 Å². The fourth-order valence-corrected chi connectivity index (χ4v) is 2.90. The van der Waals surface area contributed by atoms with E-state index in [0.717, 1.165) is 25.7 Å². The first-order valence-corrected chi connectivity index (χ1v) is 7.26. The minimum absolute atomic E-state index is 0.179. The van der Waals surface area contributed by atoms with Crippen molar-refractivity contribution < 1.29 is 9.59 Å². The molecule has 0 aromatic carbocycles. The summed E-state index contributed by atoms with van der Waals surface area (Å²) < 4.78 is 0. The van der Waals surface area contributed by atoms with E-state index in [4.69, 9.17) is 0 Å². The van der Waals surface area contributed by atoms with Crippen LogP contribution in [0.3, 0.4) is 0 Å². The first kappa shape index (κ1) is 14.4. The van der Waals surface area contributed by atoms with Crippen LogP contribution in [0.5, 0.6) is 0 Å². The highest BCUT2D eigenvalue weighted by Crippen LogP contribution is 2.32. The van der Waals surface area contributed by atoms with Crippen molar-refractivity contribution in [1.82, 2.24) is 0 Å². The number of hydrogen-bond donors (Lipinski definition) is 0. The highest BCUT2D eigenvalue weighted by atomic mass is 16.1. The molecule has 1 aliphatic rings. The lowest BCUT2D eigenvalue weighted by Crippen LogP contribution is -2.32. The van der Waals surface area contributed by atoms with Gasteiger partial charge in [0.2, 0.25) is 0 Å². The second-order valence-electron chi connectivity index (χ2n) is 5.27. The van der Waals surface area contributed by atoms with Gasteiger partial charge in [-0.2, -0.15) is 0 Å². The Kier molecular flexibility index (Phi) is 6.46. The van der Waals surface area contributed by atoms with Gasteiger partial charge in [-0.25, -0.2) is 0 Å². The van der Waals surface area contributed by atoms with Crippen molar-refractivity contribution in [2.24, 2.45) is 11.8 Å². The van der Waals surface area contributed by atoms with E-state index < -0.39 is 0 Å². The van der Waals surface area contributed by atoms with Gasteiger partial charge in [-0.1, -0.05) is 39.5 Å². The van der Waals surface area contributed by atoms with Crippen molar-refractivity contribution in [2.75, 3.05) is 0 Å². The quantitative estimate of drug-likeness (QED) is 0.630. The molecule has 0 amide bonds. The van der Waals surface area contributed by atoms with Crippen LogP contribution in [0.4, 0.5) is 0 Å². The van der Waals surface area contributed by atoms with Gasteiger partial charge in [0, 0.05) is 12.8 Å². The summed E-state index contributed by atoms with van der Waals surface area (Å²) in [4.78, 5) is 24.2. The lowest BCUT2D eigenvalue weighted by Gasteiger charge is -2.28. The van der Waals surface area contributed by atoms with Crippen LogP contribution in [0.2, 0.25) is 0 Å². The summed E-state index contributed by atoms with van der Waals surface area (Å²) in [6.07, 6.45) is 8.89. The third-order valence-electron chi connectivity index (χ3n) is 3.94. The summed E-state index contributed by atoms with van der Waals surface area (Å²) in [7, 11) is 0. The van der Waals surface area contributed by atoms with E-state index in [0.29, 0.717) is 18.8 Å². The van der Waals surface area contributed by atoms with Gasteiger partial charge >= 0.3 is 0 Å². The Morgan fingerprint density at radius 3 is 2.24 bits per heavy atom. The van der Waals surface area contributed by atoms with E-state index in [2.05, 4.69) is 6.92 Å². The zero-order valence-electron chi connectivity index (χ0n) is 11.3. The highest BCUT2D eigenvalue weighted by Gasteiger charge is 2.33. The molecule has 0 saturated heterocycles. The predicted molar refractivity (Wildman–Crippen MR) is 69.9 cm³/mol. The molecule has 1 fully saturated rings. The lowest BCUT2D eigenvalue weighted by molar-refractivity contribution is -0.135. The largest absolute Gasteiger partial charge is 0.299 e. The lowest BCUT2D eigenvalue weighted by atomic mass is 9.75. The Balaban J connectivity index is 2.64. The minimum Gasteiger partial charge on any atom is -0.299 e. The topological polar surface area (TPSA) is 34.1 Å². The van der Waals surface area contributed by atoms with Gasteiger partial charge < -0.3 is 0 Å². The monoisotopic (exact) mass is 238 g/mol. The van der Waals surface area contributed by atoms with Gasteiger partial charge in [-0.3, -0.25) is 9.59 Å². The molecule has 1 saturated carbocycles. The zero-order valence-corrected chi connectivity index (χ0v) is 11.3. The standard InChI is InChI=1S/C15H26O2/c1-3-5-11-14(17)15(13(16)4-2)12-9-7-6-8-10-12/h12,15H,3-11H2,1-2H3. The van der Waals surface area contributed by atoms with E-state index >= 15 is 0 Å². The third kappa shape index (κ3) is 4.25. The molecule has 1 unspecified atom stereocenters. The van der Waals surface area contributed by atoms with Gasteiger partial charge in [-0.05, 0) is 25.2 Å². The SMILES string of the molecule is CCCCC(=O)C(C(=O)CC)C1CCCCC1. The molecule has 1 aliphatic carbocycles. The van der Waals surface area contributed by atoms with Crippen molar-refractivity contribution in [3.8, 4) is 0 Å². The summed E-state index contributed by atoms with van der Waals surface area (Å²) in [6, 6.07) is 0. The molecule has 0 aliphatic heterocycles. The van der Waals surface area contributed by atoms with Crippen LogP contribution in [0.15, 0.2) is 0 Å². The third-order valence-corrected chi connectivity index (χ3v) is 3.94. The maximum Gasteiger partial charge on any atom is 0.143 e. The number of unbranched alkanes of at least 4 members (excludes halogenated alkanes) is 1. The second kappa shape index (κ2) is 7.62. The van der Waals surface area contributed by atoms with Crippen molar-refractivity contribution in [3.05, 3.63) is 0 Å². The van der Waals surface area contributed by atoms with Crippen LogP contribution >= 0.6 is 0 Å². The Morgan fingerprint density at radius 1 is 1.06 bits per heavy atom. The fraction of sp³-hybridized carbons (Fsp3) is 0.867. The van der Waals surface area contributed by atoms with E-state index in [9.17, 15) is 9.59 Å². The van der Waals surface area contributed by atoms with Crippen LogP contribution in [-0.4, -0.2) is 11.6 Å². The van der Waals surface area contributed by atoms with E-state index in [1.54, 1.807) is 0 Å². The van der Waals surface area contributed by atoms with Crippen LogP contribution in [0.1, 0.15) is 71.6 Å². The molecule has 0 bridgehead atoms. The number of Topliss-reactive ketones (excluding diaryl/α,β-unsaturated/α-hetero) is 2. The van der Waals surface area contributed by atoms with E-state index in [1.807, 2.05) is 6.92 Å². The second-order valence-corrected chi connectivity index (χ2v) is 5.27. The smallest absolute Gasteiger partial charge is 0.143 e. The minimum atomic E-state index is -0.271. The number of carbonyl (C=O) groups is 2. The summed E-state index contributed by atoms with van der Waals surface area (Å²) in [5.74, 6) is 0.469. The van der Waals surface area contributed by atoms with Gasteiger partial charge in [0.1, 0.15) is 11.6 Å². The molecular weight excluding hydrogens is 212 g/mol. The molecular formula is C15H26O2. The molecule has 0 heterocycles. The predicted octanol–water partition coefficient (Wildman–Crippen LogP) is 3.92. The highest BCUT2D eigenvalue weighted by molar-refractivity contribution is 6.02. The first-order valence-electron chi connectivity index (χ1n) is 7.26. The Labute approximate surface area is 105 Å². The molecule has 1 atom stereocenters. The first-order chi connectivity index (χ1) is 8.20. The summed E-state index contributed by atoms with van der Waals surface area (Å²) >= 11 is 0. The zero-order chi connectivity index (χ0) is 12.7. The van der Waals surface area contributed by atoms with Gasteiger partial charge in [-0.15, -0.1) is 0 Å². The molecule has 0 spiro atoms. The van der Waals surface area contributed by atoms with Crippen molar-refractivity contribution in [3.63, 3.8) is 0 Å². The van der Waals surface area contributed by atoms with Crippen molar-refractivity contribution in [2.45, 2.75) is 71.6 Å². The Hall–Kier alpha value is -0.660. The normalized spacial score (nSPS) is 18.9. The van der Waals surface area contributed by atoms with Gasteiger partial charge in [0.15, 0.2) is 0 Å². The average molecular weight is 238 g/mol. The Morgan fingerprint density at radius 2 is 1.71 bits per heavy atom. The molecule has 0 aromatic rings. The number of carbonyl (C=O) groups excluding carboxylic acids is 2. The van der Waals surface area contributed by atoms with Crippen LogP contribution < -0.4 is 0 Å². The summed E-state index contributed by atoms with van der Waals surface area (Å²) in [5, 5.41) is 0. The maximum absolute atomic E-state index is 12.2. The summed E-state index contributed by atoms with van der Waals surface area (Å²) in [6.45, 7) is 3.97. The van der Waals surface area contributed by atoms with Gasteiger partial charge in [0.25, 0.3) is 0 Å². The van der Waals surface area contributed by atoms with Crippen molar-refractivity contribution >= 4 is 11.6 Å². The Bertz CT molecular complexity index is 252. The molecule has 2 heteroatoms. The molecule has 2 nitrogen and oxygen atoms in total. The molecule has 0 aromatic heterocycles. The van der Waals surface area contributed by atoms with E-state index in [-0.39, 0.29) is 17.5 Å². The van der Waals surface area contributed by atoms with Gasteiger partial charge in [0.05, 0.1) is 5.92 Å². The average Bonchev–Trinajstić information content (AvgIpc) is 2.37. The molecule has 0 N–H and O–H groups in total. The molecule has 98 valence electrons. The number of rotatable bonds is 7.